The van der Waals surface area contributed by atoms with E-state index in [0.717, 1.165) is 23.6 Å². The molecule has 0 aromatic carbocycles. The quantitative estimate of drug-likeness (QED) is 0.229. The van der Waals surface area contributed by atoms with Gasteiger partial charge in [0, 0.05) is 0 Å². The van der Waals surface area contributed by atoms with Gasteiger partial charge in [0.25, 0.3) is 0 Å². The summed E-state index contributed by atoms with van der Waals surface area (Å²) in [5, 5.41) is 0. The highest BCUT2D eigenvalue weighted by Crippen LogP contribution is 2.45. The van der Waals surface area contributed by atoms with Crippen LogP contribution in [0.1, 0.15) is 51.9 Å². The highest BCUT2D eigenvalue weighted by molar-refractivity contribution is 8.53. The Morgan fingerprint density at radius 2 is 1.53 bits per heavy atom. The minimum Gasteiger partial charge on any atom is -0.719 e. The van der Waals surface area contributed by atoms with E-state index >= 15 is 0 Å². The molecular weight excluding hydrogens is 293 g/mol. The molecule has 0 aromatic heterocycles. The Hall–Kier alpha value is 0.920. The Bertz CT molecular complexity index is 267. The van der Waals surface area contributed by atoms with Gasteiger partial charge in [0.05, 0.1) is 27.7 Å². The van der Waals surface area contributed by atoms with Crippen LogP contribution >= 0.6 is 5.47 Å². The van der Waals surface area contributed by atoms with Crippen molar-refractivity contribution in [2.75, 3.05) is 40.5 Å². The maximum atomic E-state index is 5.78. The number of nitrogens with zero attached hydrogens (tertiary/aromatic N) is 1. The molecule has 0 aliphatic carbocycles. The van der Waals surface area contributed by atoms with Gasteiger partial charge in [-0.2, -0.15) is 0 Å². The molecule has 0 spiro atoms. The number of hydrogen-bond acceptors (Lipinski definition) is 3. The molecule has 1 atom stereocenters. The van der Waals surface area contributed by atoms with Crippen molar-refractivity contribution in [1.82, 2.24) is 0 Å². The van der Waals surface area contributed by atoms with Crippen LogP contribution < -0.4 is 0 Å². The molecule has 0 aliphatic rings. The SMILES string of the molecule is CCCCCCCCCP(=S)([S-])OCC[N+](C)(C)C. The van der Waals surface area contributed by atoms with E-state index in [4.69, 9.17) is 28.6 Å². The van der Waals surface area contributed by atoms with E-state index < -0.39 is 5.47 Å². The standard InChI is InChI=1S/C14H32NOPS2/c1-5-6-7-8-9-10-11-14-17(18,19)16-13-12-15(2,3)4/h5-14H2,1-4H3. The zero-order valence-corrected chi connectivity index (χ0v) is 15.7. The normalized spacial score (nSPS) is 15.4. The molecule has 0 fully saturated rings. The summed E-state index contributed by atoms with van der Waals surface area (Å²) in [7, 11) is 6.48. The van der Waals surface area contributed by atoms with Crippen molar-refractivity contribution in [3.63, 3.8) is 0 Å². The Balaban J connectivity index is 3.54. The van der Waals surface area contributed by atoms with E-state index in [1.807, 2.05) is 0 Å². The topological polar surface area (TPSA) is 9.23 Å². The molecular formula is C14H32NOPS2. The predicted molar refractivity (Wildman–Crippen MR) is 93.4 cm³/mol. The second-order valence-electron chi connectivity index (χ2n) is 6.30. The summed E-state index contributed by atoms with van der Waals surface area (Å²) >= 11 is 10.9. The molecule has 0 amide bonds. The molecule has 0 aromatic rings. The summed E-state index contributed by atoms with van der Waals surface area (Å²) in [5.74, 6) is 0. The van der Waals surface area contributed by atoms with Crippen LogP contribution in [0.5, 0.6) is 0 Å². The van der Waals surface area contributed by atoms with Gasteiger partial charge in [0.15, 0.2) is 0 Å². The van der Waals surface area contributed by atoms with E-state index in [1.54, 1.807) is 0 Å². The lowest BCUT2D eigenvalue weighted by Gasteiger charge is -2.31. The molecule has 0 aliphatic heterocycles. The Labute approximate surface area is 131 Å². The van der Waals surface area contributed by atoms with E-state index in [-0.39, 0.29) is 0 Å². The third-order valence-corrected chi connectivity index (χ3v) is 6.25. The summed E-state index contributed by atoms with van der Waals surface area (Å²) in [4.78, 5) is 0. The monoisotopic (exact) mass is 325 g/mol. The molecule has 0 N–H and O–H groups in total. The van der Waals surface area contributed by atoms with Gasteiger partial charge in [-0.1, -0.05) is 62.7 Å². The van der Waals surface area contributed by atoms with Crippen LogP contribution in [0.15, 0.2) is 0 Å². The first kappa shape index (κ1) is 19.9. The fourth-order valence-electron chi connectivity index (χ4n) is 1.78. The van der Waals surface area contributed by atoms with Crippen molar-refractivity contribution in [1.29, 1.82) is 0 Å². The van der Waals surface area contributed by atoms with Crippen molar-refractivity contribution in [2.45, 2.75) is 51.9 Å². The first-order valence-corrected chi connectivity index (χ1v) is 11.4. The highest BCUT2D eigenvalue weighted by Gasteiger charge is 2.08. The predicted octanol–water partition coefficient (Wildman–Crippen LogP) is 4.32. The number of rotatable bonds is 12. The average Bonchev–Trinajstić information content (AvgIpc) is 2.25. The van der Waals surface area contributed by atoms with Crippen molar-refractivity contribution < 1.29 is 9.01 Å². The van der Waals surface area contributed by atoms with E-state index in [9.17, 15) is 0 Å². The molecule has 19 heavy (non-hydrogen) atoms. The minimum absolute atomic E-state index is 0.709. The van der Waals surface area contributed by atoms with Crippen LogP contribution in [0.4, 0.5) is 0 Å². The fourth-order valence-corrected chi connectivity index (χ4v) is 4.10. The van der Waals surface area contributed by atoms with Crippen LogP contribution in [0.3, 0.4) is 0 Å². The molecule has 0 heterocycles. The van der Waals surface area contributed by atoms with Crippen LogP contribution in [-0.4, -0.2) is 44.9 Å². The summed E-state index contributed by atoms with van der Waals surface area (Å²) in [6, 6.07) is 0. The van der Waals surface area contributed by atoms with Gasteiger partial charge in [0.1, 0.15) is 6.54 Å². The maximum Gasteiger partial charge on any atom is 0.102 e. The zero-order chi connectivity index (χ0) is 14.8. The molecule has 0 bridgehead atoms. The molecule has 0 radical (unpaired) electrons. The van der Waals surface area contributed by atoms with E-state index in [2.05, 4.69) is 28.1 Å². The van der Waals surface area contributed by atoms with Gasteiger partial charge < -0.3 is 21.3 Å². The third-order valence-electron chi connectivity index (χ3n) is 3.09. The Morgan fingerprint density at radius 3 is 2.05 bits per heavy atom. The fraction of sp³-hybridized carbons (Fsp3) is 1.00. The molecule has 1 unspecified atom stereocenters. The van der Waals surface area contributed by atoms with Crippen molar-refractivity contribution in [2.24, 2.45) is 0 Å². The molecule has 116 valence electrons. The van der Waals surface area contributed by atoms with Crippen molar-refractivity contribution in [3.8, 4) is 0 Å². The summed E-state index contributed by atoms with van der Waals surface area (Å²) < 4.78 is 6.68. The molecule has 0 saturated heterocycles. The molecule has 0 saturated carbocycles. The second-order valence-corrected chi connectivity index (χ2v) is 12.5. The van der Waals surface area contributed by atoms with Gasteiger partial charge in [-0.25, -0.2) is 0 Å². The minimum atomic E-state index is -1.93. The number of quaternary nitrogens is 1. The summed E-state index contributed by atoms with van der Waals surface area (Å²) in [5.41, 5.74) is -1.93. The molecule has 0 rings (SSSR count). The van der Waals surface area contributed by atoms with Gasteiger partial charge >= 0.3 is 0 Å². The van der Waals surface area contributed by atoms with Gasteiger partial charge in [-0.05, 0) is 12.6 Å². The van der Waals surface area contributed by atoms with Crippen LogP contribution in [0, 0.1) is 0 Å². The lowest BCUT2D eigenvalue weighted by atomic mass is 10.1. The van der Waals surface area contributed by atoms with Gasteiger partial charge in [0.2, 0.25) is 0 Å². The molecule has 5 heteroatoms. The first-order valence-electron chi connectivity index (χ1n) is 7.52. The highest BCUT2D eigenvalue weighted by atomic mass is 32.9. The number of likely N-dealkylation sites (N-methyl/N-ethyl adjacent to an activating group) is 1. The van der Waals surface area contributed by atoms with Gasteiger partial charge in [-0.15, -0.1) is 0 Å². The lowest BCUT2D eigenvalue weighted by molar-refractivity contribution is -0.870. The lowest BCUT2D eigenvalue weighted by Crippen LogP contribution is -2.37. The summed E-state index contributed by atoms with van der Waals surface area (Å²) in [6.45, 7) is 3.94. The Kier molecular flexibility index (Phi) is 11.1. The van der Waals surface area contributed by atoms with Crippen LogP contribution in [-0.2, 0) is 28.6 Å². The van der Waals surface area contributed by atoms with E-state index in [0.29, 0.717) is 6.61 Å². The average molecular weight is 326 g/mol. The van der Waals surface area contributed by atoms with Crippen LogP contribution in [0.25, 0.3) is 0 Å². The smallest absolute Gasteiger partial charge is 0.102 e. The maximum absolute atomic E-state index is 5.78. The third kappa shape index (κ3) is 15.1. The second kappa shape index (κ2) is 10.6. The van der Waals surface area contributed by atoms with Crippen molar-refractivity contribution in [3.05, 3.63) is 0 Å². The number of hydrogen-bond donors (Lipinski definition) is 0. The largest absolute Gasteiger partial charge is 0.719 e. The zero-order valence-electron chi connectivity index (χ0n) is 13.2. The van der Waals surface area contributed by atoms with Gasteiger partial charge in [-0.3, -0.25) is 0 Å². The first-order chi connectivity index (χ1) is 8.77. The van der Waals surface area contributed by atoms with E-state index in [1.165, 1.54) is 38.5 Å². The van der Waals surface area contributed by atoms with Crippen LogP contribution in [0.2, 0.25) is 0 Å². The molecule has 2 nitrogen and oxygen atoms in total. The van der Waals surface area contributed by atoms with Crippen molar-refractivity contribution >= 4 is 29.5 Å². The Morgan fingerprint density at radius 1 is 1.00 bits per heavy atom. The number of unbranched alkanes of at least 4 members (excludes halogenated alkanes) is 6. The summed E-state index contributed by atoms with van der Waals surface area (Å²) in [6.07, 6.45) is 10.1.